The highest BCUT2D eigenvalue weighted by molar-refractivity contribution is 5.31. The summed E-state index contributed by atoms with van der Waals surface area (Å²) in [7, 11) is 0. The van der Waals surface area contributed by atoms with E-state index in [0.717, 1.165) is 17.5 Å². The zero-order valence-electron chi connectivity index (χ0n) is 16.9. The van der Waals surface area contributed by atoms with Crippen molar-refractivity contribution in [1.82, 2.24) is 0 Å². The lowest BCUT2D eigenvalue weighted by Gasteiger charge is -2.21. The average molecular weight is 414 g/mol. The molecule has 0 aliphatic carbocycles. The van der Waals surface area contributed by atoms with Crippen LogP contribution in [0.2, 0.25) is 0 Å². The van der Waals surface area contributed by atoms with Gasteiger partial charge >= 0.3 is 6.18 Å². The van der Waals surface area contributed by atoms with E-state index >= 15 is 0 Å². The number of hydrogen-bond acceptors (Lipinski definition) is 2. The summed E-state index contributed by atoms with van der Waals surface area (Å²) in [6.45, 7) is 2.00. The van der Waals surface area contributed by atoms with Crippen molar-refractivity contribution in [2.24, 2.45) is 0 Å². The van der Waals surface area contributed by atoms with Gasteiger partial charge in [0.15, 0.2) is 0 Å². The van der Waals surface area contributed by atoms with E-state index in [-0.39, 0.29) is 12.2 Å². The molecule has 1 atom stereocenters. The van der Waals surface area contributed by atoms with Gasteiger partial charge in [-0.2, -0.15) is 13.2 Å². The van der Waals surface area contributed by atoms with Crippen LogP contribution in [0.15, 0.2) is 78.9 Å². The number of alkyl halides is 3. The van der Waals surface area contributed by atoms with Crippen LogP contribution in [0.25, 0.3) is 0 Å². The Hall–Kier alpha value is -2.79. The van der Waals surface area contributed by atoms with Crippen LogP contribution in [0, 0.1) is 0 Å². The summed E-state index contributed by atoms with van der Waals surface area (Å²) >= 11 is 0. The third kappa shape index (κ3) is 6.36. The predicted octanol–water partition coefficient (Wildman–Crippen LogP) is 6.54. The minimum absolute atomic E-state index is 0.131. The molecule has 0 aromatic heterocycles. The highest BCUT2D eigenvalue weighted by Crippen LogP contribution is 2.36. The first-order valence-electron chi connectivity index (χ1n) is 9.94. The van der Waals surface area contributed by atoms with E-state index in [9.17, 15) is 13.2 Å². The predicted molar refractivity (Wildman–Crippen MR) is 112 cm³/mol. The van der Waals surface area contributed by atoms with Crippen molar-refractivity contribution >= 4 is 0 Å². The Bertz CT molecular complexity index is 906. The maximum atomic E-state index is 13.6. The molecule has 3 aromatic rings. The Balaban J connectivity index is 1.62. The zero-order chi connectivity index (χ0) is 21.4. The standard InChI is InChI=1S/C25H25F3O2/c1-2-30-23-13-11-22(12-14-23)24(25(26,27)28)18-29-17-21-10-6-9-20(16-21)15-19-7-4-3-5-8-19/h3-14,16,24H,2,15,17-18H2,1H3. The van der Waals surface area contributed by atoms with Gasteiger partial charge in [-0.1, -0.05) is 66.7 Å². The minimum Gasteiger partial charge on any atom is -0.494 e. The molecule has 2 nitrogen and oxygen atoms in total. The van der Waals surface area contributed by atoms with Gasteiger partial charge in [0.25, 0.3) is 0 Å². The molecule has 0 saturated heterocycles. The van der Waals surface area contributed by atoms with Crippen molar-refractivity contribution < 1.29 is 22.6 Å². The van der Waals surface area contributed by atoms with Gasteiger partial charge in [-0.05, 0) is 47.7 Å². The first-order valence-corrected chi connectivity index (χ1v) is 9.94. The maximum Gasteiger partial charge on any atom is 0.397 e. The highest BCUT2D eigenvalue weighted by atomic mass is 19.4. The summed E-state index contributed by atoms with van der Waals surface area (Å²) in [5.41, 5.74) is 3.31. The zero-order valence-corrected chi connectivity index (χ0v) is 16.9. The summed E-state index contributed by atoms with van der Waals surface area (Å²) < 4.78 is 51.5. The first kappa shape index (κ1) is 21.9. The van der Waals surface area contributed by atoms with Crippen LogP contribution in [0.1, 0.15) is 35.1 Å². The van der Waals surface area contributed by atoms with Crippen molar-refractivity contribution in [3.8, 4) is 5.75 Å². The van der Waals surface area contributed by atoms with Gasteiger partial charge in [0, 0.05) is 0 Å². The van der Waals surface area contributed by atoms with Crippen molar-refractivity contribution in [2.75, 3.05) is 13.2 Å². The molecule has 0 aliphatic heterocycles. The molecule has 0 fully saturated rings. The number of benzene rings is 3. The molecule has 158 valence electrons. The van der Waals surface area contributed by atoms with E-state index in [1.807, 2.05) is 61.5 Å². The second-order valence-electron chi connectivity index (χ2n) is 7.09. The van der Waals surface area contributed by atoms with E-state index in [1.54, 1.807) is 12.1 Å². The van der Waals surface area contributed by atoms with E-state index in [2.05, 4.69) is 0 Å². The molecular formula is C25H25F3O2. The second kappa shape index (κ2) is 10.3. The molecule has 0 bridgehead atoms. The average Bonchev–Trinajstić information content (AvgIpc) is 2.72. The van der Waals surface area contributed by atoms with Gasteiger partial charge in [0.1, 0.15) is 11.7 Å². The van der Waals surface area contributed by atoms with Crippen LogP contribution in [-0.2, 0) is 17.8 Å². The van der Waals surface area contributed by atoms with Crippen molar-refractivity contribution in [3.05, 3.63) is 101 Å². The molecule has 0 aliphatic rings. The highest BCUT2D eigenvalue weighted by Gasteiger charge is 2.40. The summed E-state index contributed by atoms with van der Waals surface area (Å²) in [6.07, 6.45) is -3.62. The summed E-state index contributed by atoms with van der Waals surface area (Å²) in [5, 5.41) is 0. The Morgan fingerprint density at radius 2 is 1.47 bits per heavy atom. The van der Waals surface area contributed by atoms with Gasteiger partial charge in [-0.15, -0.1) is 0 Å². The Labute approximate surface area is 175 Å². The third-order valence-electron chi connectivity index (χ3n) is 4.78. The molecule has 3 aromatic carbocycles. The molecule has 1 unspecified atom stereocenters. The van der Waals surface area contributed by atoms with Crippen molar-refractivity contribution in [2.45, 2.75) is 32.0 Å². The van der Waals surface area contributed by atoms with Crippen LogP contribution < -0.4 is 4.74 Å². The molecule has 0 heterocycles. The number of hydrogen-bond donors (Lipinski definition) is 0. The molecule has 3 rings (SSSR count). The SMILES string of the molecule is CCOc1ccc(C(COCc2cccc(Cc3ccccc3)c2)C(F)(F)F)cc1. The lowest BCUT2D eigenvalue weighted by molar-refractivity contribution is -0.163. The summed E-state index contributed by atoms with van der Waals surface area (Å²) in [6, 6.07) is 23.8. The van der Waals surface area contributed by atoms with Crippen LogP contribution in [0.4, 0.5) is 13.2 Å². The van der Waals surface area contributed by atoms with Gasteiger partial charge in [-0.25, -0.2) is 0 Å². The number of halogens is 3. The first-order chi connectivity index (χ1) is 14.5. The van der Waals surface area contributed by atoms with E-state index in [1.165, 1.54) is 17.7 Å². The van der Waals surface area contributed by atoms with E-state index in [0.29, 0.717) is 12.4 Å². The van der Waals surface area contributed by atoms with Crippen LogP contribution in [0.5, 0.6) is 5.75 Å². The molecule has 0 spiro atoms. The molecule has 0 N–H and O–H groups in total. The third-order valence-corrected chi connectivity index (χ3v) is 4.78. The molecule has 5 heteroatoms. The second-order valence-corrected chi connectivity index (χ2v) is 7.09. The largest absolute Gasteiger partial charge is 0.494 e. The monoisotopic (exact) mass is 414 g/mol. The van der Waals surface area contributed by atoms with Gasteiger partial charge in [0.2, 0.25) is 0 Å². The fourth-order valence-electron chi connectivity index (χ4n) is 3.30. The molecule has 0 amide bonds. The van der Waals surface area contributed by atoms with Crippen LogP contribution >= 0.6 is 0 Å². The Kier molecular flexibility index (Phi) is 7.52. The van der Waals surface area contributed by atoms with E-state index < -0.39 is 18.7 Å². The fourth-order valence-corrected chi connectivity index (χ4v) is 3.30. The lowest BCUT2D eigenvalue weighted by Crippen LogP contribution is -2.25. The fraction of sp³-hybridized carbons (Fsp3) is 0.280. The Morgan fingerprint density at radius 3 is 2.13 bits per heavy atom. The number of ether oxygens (including phenoxy) is 2. The lowest BCUT2D eigenvalue weighted by atomic mass is 9.99. The topological polar surface area (TPSA) is 18.5 Å². The molecule has 0 radical (unpaired) electrons. The Morgan fingerprint density at radius 1 is 0.800 bits per heavy atom. The minimum atomic E-state index is -4.39. The van der Waals surface area contributed by atoms with Gasteiger partial charge in [0.05, 0.1) is 19.8 Å². The molecule has 0 saturated carbocycles. The van der Waals surface area contributed by atoms with Crippen molar-refractivity contribution in [3.63, 3.8) is 0 Å². The molecule has 30 heavy (non-hydrogen) atoms. The van der Waals surface area contributed by atoms with Crippen LogP contribution in [-0.4, -0.2) is 19.4 Å². The summed E-state index contributed by atoms with van der Waals surface area (Å²) in [4.78, 5) is 0. The van der Waals surface area contributed by atoms with Gasteiger partial charge < -0.3 is 9.47 Å². The molecular weight excluding hydrogens is 389 g/mol. The maximum absolute atomic E-state index is 13.6. The van der Waals surface area contributed by atoms with Crippen molar-refractivity contribution in [1.29, 1.82) is 0 Å². The smallest absolute Gasteiger partial charge is 0.397 e. The quantitative estimate of drug-likeness (QED) is 0.396. The van der Waals surface area contributed by atoms with Crippen LogP contribution in [0.3, 0.4) is 0 Å². The van der Waals surface area contributed by atoms with Gasteiger partial charge in [-0.3, -0.25) is 0 Å². The number of rotatable bonds is 9. The summed E-state index contributed by atoms with van der Waals surface area (Å²) in [5.74, 6) is -1.13. The normalized spacial score (nSPS) is 12.5. The van der Waals surface area contributed by atoms with E-state index in [4.69, 9.17) is 9.47 Å².